The molecule has 0 aromatic heterocycles. The van der Waals surface area contributed by atoms with Crippen molar-refractivity contribution in [1.82, 2.24) is 0 Å². The topological polar surface area (TPSA) is 55.1 Å². The second-order valence-corrected chi connectivity index (χ2v) is 5.53. The number of carbonyl (C=O) groups excluding carboxylic acids is 1. The first kappa shape index (κ1) is 13.5. The largest absolute Gasteiger partial charge is 0.327 e. The zero-order valence-electron chi connectivity index (χ0n) is 9.96. The summed E-state index contributed by atoms with van der Waals surface area (Å²) >= 11 is 3.07. The summed E-state index contributed by atoms with van der Waals surface area (Å²) in [5.41, 5.74) is 6.42. The highest BCUT2D eigenvalue weighted by Crippen LogP contribution is 2.25. The summed E-state index contributed by atoms with van der Waals surface area (Å²) in [6.07, 6.45) is 3.80. The second-order valence-electron chi connectivity index (χ2n) is 4.67. The van der Waals surface area contributed by atoms with Crippen molar-refractivity contribution in [3.8, 4) is 0 Å². The maximum Gasteiger partial charge on any atom is 0.229 e. The van der Waals surface area contributed by atoms with Crippen molar-refractivity contribution in [3.63, 3.8) is 0 Å². The molecule has 3 nitrogen and oxygen atoms in total. The van der Waals surface area contributed by atoms with Gasteiger partial charge in [0.05, 0.1) is 10.4 Å². The Bertz CT molecular complexity index is 453. The van der Waals surface area contributed by atoms with Gasteiger partial charge in [0.2, 0.25) is 5.91 Å². The number of hydrogen-bond donors (Lipinski definition) is 2. The maximum atomic E-state index is 13.3. The van der Waals surface area contributed by atoms with Gasteiger partial charge in [-0.2, -0.15) is 0 Å². The molecule has 5 heteroatoms. The number of rotatable bonds is 2. The number of benzene rings is 1. The molecule has 3 N–H and O–H groups in total. The van der Waals surface area contributed by atoms with Crippen LogP contribution in [-0.2, 0) is 4.79 Å². The maximum absolute atomic E-state index is 13.3. The lowest BCUT2D eigenvalue weighted by Crippen LogP contribution is -2.40. The molecular weight excluding hydrogens is 299 g/mol. The molecular formula is C13H16BrFN2O. The molecule has 0 aliphatic heterocycles. The molecule has 1 aromatic carbocycles. The van der Waals surface area contributed by atoms with E-state index in [1.54, 1.807) is 12.1 Å². The number of hydrogen-bond acceptors (Lipinski definition) is 2. The Labute approximate surface area is 114 Å². The van der Waals surface area contributed by atoms with Gasteiger partial charge in [-0.15, -0.1) is 0 Å². The third-order valence-electron chi connectivity index (χ3n) is 3.34. The highest BCUT2D eigenvalue weighted by Gasteiger charge is 2.28. The molecule has 0 spiro atoms. The Hall–Kier alpha value is -0.940. The van der Waals surface area contributed by atoms with Gasteiger partial charge in [-0.1, -0.05) is 12.8 Å². The van der Waals surface area contributed by atoms with Crippen LogP contribution in [0, 0.1) is 11.7 Å². The van der Waals surface area contributed by atoms with Gasteiger partial charge >= 0.3 is 0 Å². The molecule has 1 aliphatic rings. The van der Waals surface area contributed by atoms with Crippen LogP contribution in [-0.4, -0.2) is 11.9 Å². The van der Waals surface area contributed by atoms with Gasteiger partial charge in [-0.25, -0.2) is 4.39 Å². The van der Waals surface area contributed by atoms with E-state index in [4.69, 9.17) is 5.73 Å². The zero-order chi connectivity index (χ0) is 13.1. The minimum atomic E-state index is -0.388. The molecule has 1 amide bonds. The lowest BCUT2D eigenvalue weighted by Gasteiger charge is -2.27. The number of nitrogens with one attached hydrogen (secondary N) is 1. The number of nitrogens with two attached hydrogens (primary N) is 1. The van der Waals surface area contributed by atoms with E-state index in [-0.39, 0.29) is 23.7 Å². The minimum Gasteiger partial charge on any atom is -0.327 e. The van der Waals surface area contributed by atoms with Gasteiger partial charge in [-0.3, -0.25) is 4.79 Å². The second kappa shape index (κ2) is 5.80. The number of halogens is 2. The van der Waals surface area contributed by atoms with Crippen molar-refractivity contribution < 1.29 is 9.18 Å². The summed E-state index contributed by atoms with van der Waals surface area (Å²) in [5, 5.41) is 2.73. The summed E-state index contributed by atoms with van der Waals surface area (Å²) < 4.78 is 13.7. The first-order chi connectivity index (χ1) is 8.58. The molecule has 1 aromatic rings. The molecule has 1 saturated carbocycles. The third-order valence-corrected chi connectivity index (χ3v) is 3.99. The molecule has 0 saturated heterocycles. The van der Waals surface area contributed by atoms with Crippen molar-refractivity contribution >= 4 is 27.5 Å². The van der Waals surface area contributed by atoms with Crippen LogP contribution in [0.25, 0.3) is 0 Å². The van der Waals surface area contributed by atoms with Gasteiger partial charge in [0.25, 0.3) is 0 Å². The van der Waals surface area contributed by atoms with Crippen LogP contribution in [0.5, 0.6) is 0 Å². The normalized spacial score (nSPS) is 23.7. The molecule has 0 radical (unpaired) electrons. The molecule has 2 atom stereocenters. The molecule has 0 bridgehead atoms. The van der Waals surface area contributed by atoms with Crippen LogP contribution in [0.1, 0.15) is 25.7 Å². The number of carbonyl (C=O) groups is 1. The molecule has 98 valence electrons. The lowest BCUT2D eigenvalue weighted by molar-refractivity contribution is -0.121. The Balaban J connectivity index is 2.04. The van der Waals surface area contributed by atoms with Crippen LogP contribution in [0.2, 0.25) is 0 Å². The lowest BCUT2D eigenvalue weighted by atomic mass is 9.84. The van der Waals surface area contributed by atoms with Crippen LogP contribution < -0.4 is 11.1 Å². The number of anilines is 1. The van der Waals surface area contributed by atoms with E-state index in [1.807, 2.05) is 0 Å². The molecule has 2 unspecified atom stereocenters. The van der Waals surface area contributed by atoms with Gasteiger partial charge in [0, 0.05) is 11.7 Å². The van der Waals surface area contributed by atoms with E-state index < -0.39 is 0 Å². The zero-order valence-corrected chi connectivity index (χ0v) is 11.5. The fourth-order valence-electron chi connectivity index (χ4n) is 2.29. The monoisotopic (exact) mass is 314 g/mol. The van der Waals surface area contributed by atoms with Gasteiger partial charge in [0.15, 0.2) is 0 Å². The van der Waals surface area contributed by atoms with Crippen molar-refractivity contribution in [3.05, 3.63) is 28.5 Å². The first-order valence-electron chi connectivity index (χ1n) is 6.09. The van der Waals surface area contributed by atoms with E-state index in [0.717, 1.165) is 25.7 Å². The minimum absolute atomic E-state index is 0.0842. The summed E-state index contributed by atoms with van der Waals surface area (Å²) in [5.74, 6) is -0.657. The van der Waals surface area contributed by atoms with E-state index in [2.05, 4.69) is 21.2 Å². The molecule has 1 aliphatic carbocycles. The molecule has 1 fully saturated rings. The van der Waals surface area contributed by atoms with Crippen LogP contribution in [0.15, 0.2) is 22.7 Å². The van der Waals surface area contributed by atoms with Crippen LogP contribution in [0.4, 0.5) is 10.1 Å². The SMILES string of the molecule is NC1CCCCC1C(=O)Nc1ccc(Br)c(F)c1. The summed E-state index contributed by atoms with van der Waals surface area (Å²) in [7, 11) is 0. The van der Waals surface area contributed by atoms with E-state index in [9.17, 15) is 9.18 Å². The van der Waals surface area contributed by atoms with E-state index in [1.165, 1.54) is 6.07 Å². The molecule has 18 heavy (non-hydrogen) atoms. The quantitative estimate of drug-likeness (QED) is 0.881. The summed E-state index contributed by atoms with van der Waals surface area (Å²) in [4.78, 5) is 12.0. The van der Waals surface area contributed by atoms with E-state index >= 15 is 0 Å². The fraction of sp³-hybridized carbons (Fsp3) is 0.462. The third kappa shape index (κ3) is 3.09. The van der Waals surface area contributed by atoms with Gasteiger partial charge < -0.3 is 11.1 Å². The predicted molar refractivity (Wildman–Crippen MR) is 72.7 cm³/mol. The number of amides is 1. The Morgan fingerprint density at radius 1 is 1.39 bits per heavy atom. The summed E-state index contributed by atoms with van der Waals surface area (Å²) in [6, 6.07) is 4.46. The Morgan fingerprint density at radius 3 is 2.78 bits per heavy atom. The van der Waals surface area contributed by atoms with Crippen molar-refractivity contribution in [1.29, 1.82) is 0 Å². The molecule has 0 heterocycles. The van der Waals surface area contributed by atoms with Gasteiger partial charge in [0.1, 0.15) is 5.82 Å². The van der Waals surface area contributed by atoms with Crippen molar-refractivity contribution in [2.75, 3.05) is 5.32 Å². The smallest absolute Gasteiger partial charge is 0.229 e. The standard InChI is InChI=1S/C13H16BrFN2O/c14-10-6-5-8(7-11(10)15)17-13(18)9-3-1-2-4-12(9)16/h5-7,9,12H,1-4,16H2,(H,17,18). The highest BCUT2D eigenvalue weighted by atomic mass is 79.9. The van der Waals surface area contributed by atoms with Crippen molar-refractivity contribution in [2.45, 2.75) is 31.7 Å². The molecule has 2 rings (SSSR count). The Kier molecular flexibility index (Phi) is 4.35. The average molecular weight is 315 g/mol. The van der Waals surface area contributed by atoms with Crippen LogP contribution in [0.3, 0.4) is 0 Å². The first-order valence-corrected chi connectivity index (χ1v) is 6.88. The summed E-state index contributed by atoms with van der Waals surface area (Å²) in [6.45, 7) is 0. The average Bonchev–Trinajstić information content (AvgIpc) is 2.34. The van der Waals surface area contributed by atoms with Crippen molar-refractivity contribution in [2.24, 2.45) is 11.7 Å². The van der Waals surface area contributed by atoms with E-state index in [0.29, 0.717) is 10.2 Å². The highest BCUT2D eigenvalue weighted by molar-refractivity contribution is 9.10. The van der Waals surface area contributed by atoms with Gasteiger partial charge in [-0.05, 0) is 47.0 Å². The fourth-order valence-corrected chi connectivity index (χ4v) is 2.54. The Morgan fingerprint density at radius 2 is 2.11 bits per heavy atom. The predicted octanol–water partition coefficient (Wildman–Crippen LogP) is 3.04. The van der Waals surface area contributed by atoms with Crippen LogP contribution >= 0.6 is 15.9 Å².